The number of anilines is 1. The molecule has 0 spiro atoms. The molecule has 1 atom stereocenters. The van der Waals surface area contributed by atoms with Gasteiger partial charge in [0, 0.05) is 16.6 Å². The fourth-order valence-corrected chi connectivity index (χ4v) is 2.51. The van der Waals surface area contributed by atoms with E-state index in [1.54, 1.807) is 31.2 Å². The molecule has 5 heteroatoms. The van der Waals surface area contributed by atoms with Crippen molar-refractivity contribution < 1.29 is 14.3 Å². The van der Waals surface area contributed by atoms with Crippen LogP contribution in [-0.2, 0) is 11.2 Å². The van der Waals surface area contributed by atoms with Gasteiger partial charge in [-0.05, 0) is 42.8 Å². The molecule has 0 bridgehead atoms. The van der Waals surface area contributed by atoms with E-state index in [0.717, 1.165) is 4.47 Å². The number of aliphatic carboxylic acids is 1. The van der Waals surface area contributed by atoms with Crippen LogP contribution in [0.25, 0.3) is 0 Å². The fraction of sp³-hybridized carbons (Fsp3) is 0.188. The standard InChI is InChI=1S/C16H15BrFNO2/c1-16(15(20)21,10-11-4-2-6-13(18)8-11)19-14-7-3-5-12(17)9-14/h2-9,19H,10H2,1H3,(H,20,21). The van der Waals surface area contributed by atoms with Gasteiger partial charge in [-0.1, -0.05) is 34.1 Å². The number of benzene rings is 2. The smallest absolute Gasteiger partial charge is 0.329 e. The second-order valence-electron chi connectivity index (χ2n) is 5.08. The number of rotatable bonds is 5. The molecular weight excluding hydrogens is 337 g/mol. The first-order valence-corrected chi connectivity index (χ1v) is 7.20. The highest BCUT2D eigenvalue weighted by molar-refractivity contribution is 9.10. The Hall–Kier alpha value is -1.88. The second-order valence-corrected chi connectivity index (χ2v) is 5.99. The Morgan fingerprint density at radius 2 is 2.00 bits per heavy atom. The number of halogens is 2. The van der Waals surface area contributed by atoms with Crippen LogP contribution in [0.3, 0.4) is 0 Å². The Kier molecular flexibility index (Phi) is 4.63. The van der Waals surface area contributed by atoms with Crippen molar-refractivity contribution in [1.29, 1.82) is 0 Å². The molecule has 0 aliphatic carbocycles. The number of carbonyl (C=O) groups is 1. The number of nitrogens with one attached hydrogen (secondary N) is 1. The average molecular weight is 352 g/mol. The van der Waals surface area contributed by atoms with Crippen molar-refractivity contribution in [3.63, 3.8) is 0 Å². The Morgan fingerprint density at radius 3 is 2.62 bits per heavy atom. The highest BCUT2D eigenvalue weighted by Crippen LogP contribution is 2.23. The van der Waals surface area contributed by atoms with Crippen molar-refractivity contribution >= 4 is 27.6 Å². The third-order valence-corrected chi connectivity index (χ3v) is 3.66. The predicted octanol–water partition coefficient (Wildman–Crippen LogP) is 4.09. The molecule has 2 N–H and O–H groups in total. The first-order chi connectivity index (χ1) is 9.89. The van der Waals surface area contributed by atoms with Gasteiger partial charge >= 0.3 is 5.97 Å². The van der Waals surface area contributed by atoms with Gasteiger partial charge in [0.1, 0.15) is 11.4 Å². The van der Waals surface area contributed by atoms with Gasteiger partial charge in [-0.15, -0.1) is 0 Å². The SMILES string of the molecule is CC(Cc1cccc(F)c1)(Nc1cccc(Br)c1)C(=O)O. The molecule has 0 saturated carbocycles. The summed E-state index contributed by atoms with van der Waals surface area (Å²) in [7, 11) is 0. The predicted molar refractivity (Wildman–Crippen MR) is 83.9 cm³/mol. The minimum atomic E-state index is -1.23. The van der Waals surface area contributed by atoms with E-state index in [9.17, 15) is 14.3 Å². The Bertz CT molecular complexity index is 613. The van der Waals surface area contributed by atoms with Crippen LogP contribution in [0.1, 0.15) is 12.5 Å². The van der Waals surface area contributed by atoms with E-state index >= 15 is 0 Å². The maximum atomic E-state index is 13.2. The Morgan fingerprint density at radius 1 is 1.29 bits per heavy atom. The van der Waals surface area contributed by atoms with E-state index in [1.165, 1.54) is 12.1 Å². The summed E-state index contributed by atoms with van der Waals surface area (Å²) in [5, 5.41) is 12.5. The van der Waals surface area contributed by atoms with Gasteiger partial charge in [0.05, 0.1) is 0 Å². The van der Waals surface area contributed by atoms with Crippen LogP contribution in [-0.4, -0.2) is 16.6 Å². The molecule has 0 aliphatic rings. The zero-order valence-corrected chi connectivity index (χ0v) is 13.0. The highest BCUT2D eigenvalue weighted by atomic mass is 79.9. The summed E-state index contributed by atoms with van der Waals surface area (Å²) in [6.07, 6.45) is 0.173. The molecule has 3 nitrogen and oxygen atoms in total. The van der Waals surface area contributed by atoms with Crippen molar-refractivity contribution in [2.24, 2.45) is 0 Å². The summed E-state index contributed by atoms with van der Waals surface area (Å²) < 4.78 is 14.1. The van der Waals surface area contributed by atoms with E-state index in [2.05, 4.69) is 21.2 Å². The van der Waals surface area contributed by atoms with Crippen LogP contribution in [0, 0.1) is 5.82 Å². The molecule has 0 fully saturated rings. The molecule has 0 heterocycles. The third kappa shape index (κ3) is 4.04. The fourth-order valence-electron chi connectivity index (χ4n) is 2.11. The quantitative estimate of drug-likeness (QED) is 0.852. The van der Waals surface area contributed by atoms with Crippen LogP contribution in [0.4, 0.5) is 10.1 Å². The lowest BCUT2D eigenvalue weighted by molar-refractivity contribution is -0.141. The zero-order valence-electron chi connectivity index (χ0n) is 11.4. The van der Waals surface area contributed by atoms with E-state index in [-0.39, 0.29) is 12.2 Å². The minimum absolute atomic E-state index is 0.173. The molecule has 0 radical (unpaired) electrons. The van der Waals surface area contributed by atoms with Crippen molar-refractivity contribution in [2.45, 2.75) is 18.9 Å². The molecule has 110 valence electrons. The van der Waals surface area contributed by atoms with Gasteiger partial charge in [-0.3, -0.25) is 0 Å². The summed E-state index contributed by atoms with van der Waals surface area (Å²) >= 11 is 3.35. The first kappa shape index (κ1) is 15.5. The van der Waals surface area contributed by atoms with E-state index < -0.39 is 11.5 Å². The molecule has 0 amide bonds. The molecular formula is C16H15BrFNO2. The molecule has 2 aromatic rings. The Labute approximate surface area is 130 Å². The van der Waals surface area contributed by atoms with Gasteiger partial charge in [-0.2, -0.15) is 0 Å². The topological polar surface area (TPSA) is 49.3 Å². The minimum Gasteiger partial charge on any atom is -0.480 e. The molecule has 0 saturated heterocycles. The average Bonchev–Trinajstić information content (AvgIpc) is 2.38. The van der Waals surface area contributed by atoms with Gasteiger partial charge in [0.2, 0.25) is 0 Å². The second kappa shape index (κ2) is 6.26. The summed E-state index contributed by atoms with van der Waals surface area (Å²) in [5.74, 6) is -1.37. The first-order valence-electron chi connectivity index (χ1n) is 6.41. The lowest BCUT2D eigenvalue weighted by Gasteiger charge is -2.27. The molecule has 0 aromatic heterocycles. The summed E-state index contributed by atoms with van der Waals surface area (Å²) in [6, 6.07) is 13.2. The van der Waals surface area contributed by atoms with Crippen LogP contribution in [0.5, 0.6) is 0 Å². The van der Waals surface area contributed by atoms with Gasteiger partial charge in [-0.25, -0.2) is 9.18 Å². The molecule has 2 rings (SSSR count). The zero-order chi connectivity index (χ0) is 15.5. The van der Waals surface area contributed by atoms with E-state index in [0.29, 0.717) is 11.3 Å². The van der Waals surface area contributed by atoms with E-state index in [1.807, 2.05) is 12.1 Å². The van der Waals surface area contributed by atoms with Crippen LogP contribution in [0.2, 0.25) is 0 Å². The highest BCUT2D eigenvalue weighted by Gasteiger charge is 2.33. The summed E-state index contributed by atoms with van der Waals surface area (Å²) in [4.78, 5) is 11.6. The van der Waals surface area contributed by atoms with Gasteiger partial charge < -0.3 is 10.4 Å². The Balaban J connectivity index is 2.26. The van der Waals surface area contributed by atoms with Crippen molar-refractivity contribution in [3.05, 3.63) is 64.4 Å². The van der Waals surface area contributed by atoms with Crippen molar-refractivity contribution in [1.82, 2.24) is 0 Å². The largest absolute Gasteiger partial charge is 0.480 e. The number of hydrogen-bond acceptors (Lipinski definition) is 2. The molecule has 2 aromatic carbocycles. The molecule has 21 heavy (non-hydrogen) atoms. The summed E-state index contributed by atoms with van der Waals surface area (Å²) in [5.41, 5.74) is 0.0854. The number of carboxylic acid groups (broad SMARTS) is 1. The van der Waals surface area contributed by atoms with Crippen molar-refractivity contribution in [2.75, 3.05) is 5.32 Å². The van der Waals surface area contributed by atoms with Crippen LogP contribution in [0.15, 0.2) is 53.0 Å². The third-order valence-electron chi connectivity index (χ3n) is 3.16. The summed E-state index contributed by atoms with van der Waals surface area (Å²) in [6.45, 7) is 1.58. The van der Waals surface area contributed by atoms with Crippen molar-refractivity contribution in [3.8, 4) is 0 Å². The van der Waals surface area contributed by atoms with E-state index in [4.69, 9.17) is 0 Å². The maximum absolute atomic E-state index is 13.2. The molecule has 1 unspecified atom stereocenters. The van der Waals surface area contributed by atoms with Gasteiger partial charge in [0.25, 0.3) is 0 Å². The normalized spacial score (nSPS) is 13.5. The monoisotopic (exact) mass is 351 g/mol. The maximum Gasteiger partial charge on any atom is 0.329 e. The van der Waals surface area contributed by atoms with Crippen LogP contribution < -0.4 is 5.32 Å². The number of carboxylic acids is 1. The van der Waals surface area contributed by atoms with Crippen LogP contribution >= 0.6 is 15.9 Å². The lowest BCUT2D eigenvalue weighted by Crippen LogP contribution is -2.45. The lowest BCUT2D eigenvalue weighted by atomic mass is 9.92. The van der Waals surface area contributed by atoms with Gasteiger partial charge in [0.15, 0.2) is 0 Å². The molecule has 0 aliphatic heterocycles. The number of hydrogen-bond donors (Lipinski definition) is 2.